The zero-order valence-electron chi connectivity index (χ0n) is 16.4. The Hall–Kier alpha value is -1.79. The molecule has 0 spiro atoms. The maximum absolute atomic E-state index is 12.8. The fourth-order valence-corrected chi connectivity index (χ4v) is 3.91. The highest BCUT2D eigenvalue weighted by atomic mass is 35.5. The highest BCUT2D eigenvalue weighted by Gasteiger charge is 2.34. The normalized spacial score (nSPS) is 20.3. The molecule has 6 nitrogen and oxygen atoms in total. The Morgan fingerprint density at radius 1 is 1.26 bits per heavy atom. The molecule has 0 bridgehead atoms. The van der Waals surface area contributed by atoms with E-state index in [4.69, 9.17) is 21.1 Å². The van der Waals surface area contributed by atoms with Gasteiger partial charge in [0.05, 0.1) is 19.3 Å². The third kappa shape index (κ3) is 4.55. The van der Waals surface area contributed by atoms with E-state index in [1.807, 2.05) is 37.8 Å². The van der Waals surface area contributed by atoms with Crippen LogP contribution in [-0.2, 0) is 27.2 Å². The molecule has 0 aliphatic carbocycles. The highest BCUT2D eigenvalue weighted by molar-refractivity contribution is 6.30. The number of carbonyl (C=O) groups is 2. The number of rotatable bonds is 1. The first-order valence-electron chi connectivity index (χ1n) is 9.30. The molecule has 0 radical (unpaired) electrons. The first-order chi connectivity index (χ1) is 12.7. The SMILES string of the molecule is CC(=O)N1CCc2c(cc(Cl)cc2[C@@H]2COCCN2C(=O)OC(C)(C)C)C1. The molecule has 1 saturated heterocycles. The predicted molar refractivity (Wildman–Crippen MR) is 103 cm³/mol. The van der Waals surface area contributed by atoms with Crippen LogP contribution in [0.5, 0.6) is 0 Å². The van der Waals surface area contributed by atoms with E-state index in [2.05, 4.69) is 0 Å². The second-order valence-corrected chi connectivity index (χ2v) is 8.52. The van der Waals surface area contributed by atoms with Crippen LogP contribution >= 0.6 is 11.6 Å². The van der Waals surface area contributed by atoms with Gasteiger partial charge in [0.15, 0.2) is 0 Å². The molecule has 27 heavy (non-hydrogen) atoms. The molecule has 0 aromatic heterocycles. The van der Waals surface area contributed by atoms with Crippen molar-refractivity contribution in [1.82, 2.24) is 9.80 Å². The second kappa shape index (κ2) is 7.68. The smallest absolute Gasteiger partial charge is 0.410 e. The Bertz CT molecular complexity index is 744. The average molecular weight is 395 g/mol. The number of morpholine rings is 1. The minimum Gasteiger partial charge on any atom is -0.444 e. The third-order valence-corrected chi connectivity index (χ3v) is 5.11. The Morgan fingerprint density at radius 2 is 2.00 bits per heavy atom. The van der Waals surface area contributed by atoms with Crippen molar-refractivity contribution in [2.75, 3.05) is 26.3 Å². The number of benzene rings is 1. The van der Waals surface area contributed by atoms with Crippen LogP contribution in [0.1, 0.15) is 50.4 Å². The largest absolute Gasteiger partial charge is 0.444 e. The van der Waals surface area contributed by atoms with Gasteiger partial charge in [-0.25, -0.2) is 4.79 Å². The number of ether oxygens (including phenoxy) is 2. The van der Waals surface area contributed by atoms with Crippen molar-refractivity contribution in [2.45, 2.75) is 52.3 Å². The number of fused-ring (bicyclic) bond motifs is 1. The average Bonchev–Trinajstić information content (AvgIpc) is 2.58. The molecule has 0 saturated carbocycles. The summed E-state index contributed by atoms with van der Waals surface area (Å²) in [5.74, 6) is 0.0542. The lowest BCUT2D eigenvalue weighted by atomic mass is 9.90. The summed E-state index contributed by atoms with van der Waals surface area (Å²) in [4.78, 5) is 28.1. The van der Waals surface area contributed by atoms with Gasteiger partial charge >= 0.3 is 6.09 Å². The summed E-state index contributed by atoms with van der Waals surface area (Å²) in [6.45, 7) is 9.72. The molecule has 7 heteroatoms. The summed E-state index contributed by atoms with van der Waals surface area (Å²) in [6, 6.07) is 3.59. The van der Waals surface area contributed by atoms with Crippen molar-refractivity contribution in [3.8, 4) is 0 Å². The topological polar surface area (TPSA) is 59.1 Å². The van der Waals surface area contributed by atoms with Gasteiger partial charge in [0.2, 0.25) is 5.91 Å². The molecule has 1 aromatic carbocycles. The molecular weight excluding hydrogens is 368 g/mol. The van der Waals surface area contributed by atoms with E-state index in [1.54, 1.807) is 11.8 Å². The fourth-order valence-electron chi connectivity index (χ4n) is 3.66. The lowest BCUT2D eigenvalue weighted by Gasteiger charge is -2.39. The van der Waals surface area contributed by atoms with Crippen LogP contribution in [0.4, 0.5) is 4.79 Å². The van der Waals surface area contributed by atoms with Crippen LogP contribution in [0, 0.1) is 0 Å². The summed E-state index contributed by atoms with van der Waals surface area (Å²) in [5.41, 5.74) is 2.62. The zero-order chi connectivity index (χ0) is 19.8. The number of hydrogen-bond donors (Lipinski definition) is 0. The van der Waals surface area contributed by atoms with Crippen LogP contribution in [-0.4, -0.2) is 53.7 Å². The molecule has 3 rings (SSSR count). The van der Waals surface area contributed by atoms with Crippen LogP contribution in [0.3, 0.4) is 0 Å². The van der Waals surface area contributed by atoms with E-state index in [0.29, 0.717) is 37.9 Å². The van der Waals surface area contributed by atoms with Crippen molar-refractivity contribution in [1.29, 1.82) is 0 Å². The van der Waals surface area contributed by atoms with E-state index in [-0.39, 0.29) is 18.0 Å². The molecule has 148 valence electrons. The third-order valence-electron chi connectivity index (χ3n) is 4.90. The van der Waals surface area contributed by atoms with Gasteiger partial charge < -0.3 is 14.4 Å². The molecule has 1 atom stereocenters. The number of nitrogens with zero attached hydrogens (tertiary/aromatic N) is 2. The lowest BCUT2D eigenvalue weighted by molar-refractivity contribution is -0.129. The van der Waals surface area contributed by atoms with Gasteiger partial charge in [0, 0.05) is 31.6 Å². The monoisotopic (exact) mass is 394 g/mol. The molecule has 1 aromatic rings. The molecule has 2 heterocycles. The number of halogens is 1. The van der Waals surface area contributed by atoms with Crippen LogP contribution in [0.15, 0.2) is 12.1 Å². The van der Waals surface area contributed by atoms with E-state index >= 15 is 0 Å². The fraction of sp³-hybridized carbons (Fsp3) is 0.600. The minimum atomic E-state index is -0.560. The Kier molecular flexibility index (Phi) is 5.68. The number of carbonyl (C=O) groups excluding carboxylic acids is 2. The van der Waals surface area contributed by atoms with Crippen molar-refractivity contribution in [2.24, 2.45) is 0 Å². The molecule has 2 aliphatic heterocycles. The van der Waals surface area contributed by atoms with Gasteiger partial charge in [-0.1, -0.05) is 11.6 Å². The highest BCUT2D eigenvalue weighted by Crippen LogP contribution is 2.35. The van der Waals surface area contributed by atoms with Gasteiger partial charge in [0.1, 0.15) is 5.60 Å². The lowest BCUT2D eigenvalue weighted by Crippen LogP contribution is -2.46. The zero-order valence-corrected chi connectivity index (χ0v) is 17.1. The van der Waals surface area contributed by atoms with E-state index in [0.717, 1.165) is 23.1 Å². The van der Waals surface area contributed by atoms with Crippen molar-refractivity contribution in [3.05, 3.63) is 33.8 Å². The van der Waals surface area contributed by atoms with Gasteiger partial charge in [-0.05, 0) is 56.0 Å². The maximum atomic E-state index is 12.8. The summed E-state index contributed by atoms with van der Waals surface area (Å²) < 4.78 is 11.3. The van der Waals surface area contributed by atoms with Gasteiger partial charge in [-0.2, -0.15) is 0 Å². The first-order valence-corrected chi connectivity index (χ1v) is 9.67. The van der Waals surface area contributed by atoms with Gasteiger partial charge in [0.25, 0.3) is 0 Å². The van der Waals surface area contributed by atoms with E-state index in [1.165, 1.54) is 0 Å². The van der Waals surface area contributed by atoms with E-state index in [9.17, 15) is 9.59 Å². The Labute approximate surface area is 165 Å². The number of amides is 2. The second-order valence-electron chi connectivity index (χ2n) is 8.09. The summed E-state index contributed by atoms with van der Waals surface area (Å²) in [6.07, 6.45) is 0.394. The standard InChI is InChI=1S/C20H27ClN2O4/c1-13(24)22-6-5-16-14(11-22)9-15(21)10-17(16)18-12-26-8-7-23(18)19(25)27-20(2,3)4/h9-10,18H,5-8,11-12H2,1-4H3/t18-/m0/s1. The summed E-state index contributed by atoms with van der Waals surface area (Å²) in [5, 5.41) is 0.601. The molecule has 0 unspecified atom stereocenters. The van der Waals surface area contributed by atoms with Gasteiger partial charge in [-0.15, -0.1) is 0 Å². The van der Waals surface area contributed by atoms with E-state index < -0.39 is 5.60 Å². The van der Waals surface area contributed by atoms with Crippen molar-refractivity contribution < 1.29 is 19.1 Å². The quantitative estimate of drug-likeness (QED) is 0.730. The molecule has 0 N–H and O–H groups in total. The molecular formula is C20H27ClN2O4. The van der Waals surface area contributed by atoms with Crippen LogP contribution in [0.25, 0.3) is 0 Å². The summed E-state index contributed by atoms with van der Waals surface area (Å²) >= 11 is 6.38. The molecule has 1 fully saturated rings. The predicted octanol–water partition coefficient (Wildman–Crippen LogP) is 3.55. The Morgan fingerprint density at radius 3 is 2.67 bits per heavy atom. The molecule has 2 aliphatic rings. The van der Waals surface area contributed by atoms with Crippen molar-refractivity contribution in [3.63, 3.8) is 0 Å². The van der Waals surface area contributed by atoms with Gasteiger partial charge in [-0.3, -0.25) is 9.69 Å². The van der Waals surface area contributed by atoms with Crippen LogP contribution < -0.4 is 0 Å². The summed E-state index contributed by atoms with van der Waals surface area (Å²) in [7, 11) is 0. The molecule has 2 amide bonds. The maximum Gasteiger partial charge on any atom is 0.410 e. The van der Waals surface area contributed by atoms with Crippen molar-refractivity contribution >= 4 is 23.6 Å². The Balaban J connectivity index is 1.94. The number of hydrogen-bond acceptors (Lipinski definition) is 4. The van der Waals surface area contributed by atoms with Crippen LogP contribution in [0.2, 0.25) is 5.02 Å². The first kappa shape index (κ1) is 20.0. The minimum absolute atomic E-state index is 0.0542.